The SMILES string of the molecule is Cc1cc(C)n(CCNCc2ccc(Cl)cc2)c(=O)c1. The lowest BCUT2D eigenvalue weighted by molar-refractivity contribution is 0.574. The van der Waals surface area contributed by atoms with E-state index in [1.807, 2.05) is 44.2 Å². The van der Waals surface area contributed by atoms with Crippen LogP contribution in [0.15, 0.2) is 41.2 Å². The van der Waals surface area contributed by atoms with E-state index in [0.29, 0.717) is 6.54 Å². The van der Waals surface area contributed by atoms with Gasteiger partial charge in [-0.05, 0) is 43.2 Å². The highest BCUT2D eigenvalue weighted by atomic mass is 35.5. The van der Waals surface area contributed by atoms with Crippen LogP contribution in [0.1, 0.15) is 16.8 Å². The summed E-state index contributed by atoms with van der Waals surface area (Å²) in [5.74, 6) is 0. The molecule has 1 heterocycles. The minimum atomic E-state index is 0.0655. The molecule has 106 valence electrons. The van der Waals surface area contributed by atoms with Gasteiger partial charge in [0.05, 0.1) is 0 Å². The minimum absolute atomic E-state index is 0.0655. The predicted molar refractivity (Wildman–Crippen MR) is 83.3 cm³/mol. The first-order valence-electron chi connectivity index (χ1n) is 6.69. The van der Waals surface area contributed by atoms with E-state index in [1.54, 1.807) is 10.6 Å². The molecular formula is C16H19ClN2O. The molecule has 0 amide bonds. The van der Waals surface area contributed by atoms with Gasteiger partial charge in [-0.25, -0.2) is 0 Å². The molecule has 0 unspecified atom stereocenters. The molecule has 0 radical (unpaired) electrons. The van der Waals surface area contributed by atoms with Crippen LogP contribution in [0, 0.1) is 13.8 Å². The van der Waals surface area contributed by atoms with E-state index >= 15 is 0 Å². The van der Waals surface area contributed by atoms with Crippen molar-refractivity contribution < 1.29 is 0 Å². The molecule has 1 N–H and O–H groups in total. The Bertz CT molecular complexity index is 632. The van der Waals surface area contributed by atoms with Gasteiger partial charge in [0.25, 0.3) is 5.56 Å². The average Bonchev–Trinajstić information content (AvgIpc) is 2.39. The third-order valence-electron chi connectivity index (χ3n) is 3.23. The van der Waals surface area contributed by atoms with Gasteiger partial charge in [0, 0.05) is 36.4 Å². The van der Waals surface area contributed by atoms with Gasteiger partial charge < -0.3 is 9.88 Å². The van der Waals surface area contributed by atoms with Crippen LogP contribution in [0.25, 0.3) is 0 Å². The number of pyridine rings is 1. The molecule has 2 aromatic rings. The largest absolute Gasteiger partial charge is 0.312 e. The Morgan fingerprint density at radius 1 is 1.15 bits per heavy atom. The van der Waals surface area contributed by atoms with Crippen LogP contribution in [-0.4, -0.2) is 11.1 Å². The van der Waals surface area contributed by atoms with Crippen LogP contribution in [0.4, 0.5) is 0 Å². The normalized spacial score (nSPS) is 10.8. The van der Waals surface area contributed by atoms with Gasteiger partial charge in [0.2, 0.25) is 0 Å². The molecule has 0 aliphatic rings. The number of benzene rings is 1. The van der Waals surface area contributed by atoms with Crippen molar-refractivity contribution in [1.29, 1.82) is 0 Å². The molecule has 0 fully saturated rings. The summed E-state index contributed by atoms with van der Waals surface area (Å²) in [5, 5.41) is 4.08. The highest BCUT2D eigenvalue weighted by Crippen LogP contribution is 2.09. The summed E-state index contributed by atoms with van der Waals surface area (Å²) in [5.41, 5.74) is 3.26. The topological polar surface area (TPSA) is 34.0 Å². The first-order valence-corrected chi connectivity index (χ1v) is 7.07. The van der Waals surface area contributed by atoms with Crippen LogP contribution >= 0.6 is 11.6 Å². The van der Waals surface area contributed by atoms with Gasteiger partial charge in [-0.15, -0.1) is 0 Å². The number of hydrogen-bond acceptors (Lipinski definition) is 2. The monoisotopic (exact) mass is 290 g/mol. The van der Waals surface area contributed by atoms with Crippen molar-refractivity contribution in [3.05, 3.63) is 68.6 Å². The van der Waals surface area contributed by atoms with E-state index in [9.17, 15) is 4.79 Å². The van der Waals surface area contributed by atoms with Crippen molar-refractivity contribution in [3.63, 3.8) is 0 Å². The first-order chi connectivity index (χ1) is 9.56. The second-order valence-electron chi connectivity index (χ2n) is 4.97. The first kappa shape index (κ1) is 14.8. The second kappa shape index (κ2) is 6.73. The van der Waals surface area contributed by atoms with Gasteiger partial charge in [0.15, 0.2) is 0 Å². The zero-order valence-electron chi connectivity index (χ0n) is 11.8. The molecule has 0 spiro atoms. The number of nitrogens with zero attached hydrogens (tertiary/aromatic N) is 1. The van der Waals surface area contributed by atoms with Crippen molar-refractivity contribution in [2.24, 2.45) is 0 Å². The van der Waals surface area contributed by atoms with Crippen molar-refractivity contribution in [3.8, 4) is 0 Å². The molecule has 2 rings (SSSR count). The molecule has 0 bridgehead atoms. The standard InChI is InChI=1S/C16H19ClN2O/c1-12-9-13(2)19(16(20)10-12)8-7-18-11-14-3-5-15(17)6-4-14/h3-6,9-10,18H,7-8,11H2,1-2H3. The Balaban J connectivity index is 1.87. The summed E-state index contributed by atoms with van der Waals surface area (Å²) in [4.78, 5) is 11.9. The molecular weight excluding hydrogens is 272 g/mol. The van der Waals surface area contributed by atoms with E-state index in [2.05, 4.69) is 5.32 Å². The smallest absolute Gasteiger partial charge is 0.251 e. The van der Waals surface area contributed by atoms with Crippen molar-refractivity contribution in [2.75, 3.05) is 6.54 Å². The molecule has 1 aromatic carbocycles. The number of aromatic nitrogens is 1. The van der Waals surface area contributed by atoms with Crippen molar-refractivity contribution in [2.45, 2.75) is 26.9 Å². The molecule has 0 saturated carbocycles. The fourth-order valence-corrected chi connectivity index (χ4v) is 2.33. The van der Waals surface area contributed by atoms with E-state index in [-0.39, 0.29) is 5.56 Å². The van der Waals surface area contributed by atoms with Gasteiger partial charge in [-0.3, -0.25) is 4.79 Å². The van der Waals surface area contributed by atoms with Crippen LogP contribution in [-0.2, 0) is 13.1 Å². The van der Waals surface area contributed by atoms with Crippen LogP contribution in [0.3, 0.4) is 0 Å². The lowest BCUT2D eigenvalue weighted by Gasteiger charge is -2.11. The Morgan fingerprint density at radius 3 is 2.50 bits per heavy atom. The molecule has 20 heavy (non-hydrogen) atoms. The number of aryl methyl sites for hydroxylation is 2. The maximum atomic E-state index is 11.9. The Hall–Kier alpha value is -1.58. The molecule has 1 aromatic heterocycles. The fourth-order valence-electron chi connectivity index (χ4n) is 2.21. The van der Waals surface area contributed by atoms with E-state index < -0.39 is 0 Å². The van der Waals surface area contributed by atoms with Crippen LogP contribution in [0.5, 0.6) is 0 Å². The second-order valence-corrected chi connectivity index (χ2v) is 5.40. The molecule has 0 aliphatic carbocycles. The summed E-state index contributed by atoms with van der Waals surface area (Å²) in [7, 11) is 0. The molecule has 0 saturated heterocycles. The van der Waals surface area contributed by atoms with E-state index in [4.69, 9.17) is 11.6 Å². The quantitative estimate of drug-likeness (QED) is 0.859. The van der Waals surface area contributed by atoms with Gasteiger partial charge >= 0.3 is 0 Å². The van der Waals surface area contributed by atoms with E-state index in [0.717, 1.165) is 29.4 Å². The summed E-state index contributed by atoms with van der Waals surface area (Å²) in [6.07, 6.45) is 0. The number of hydrogen-bond donors (Lipinski definition) is 1. The zero-order valence-corrected chi connectivity index (χ0v) is 12.6. The lowest BCUT2D eigenvalue weighted by Crippen LogP contribution is -2.28. The highest BCUT2D eigenvalue weighted by Gasteiger charge is 2.01. The predicted octanol–water partition coefficient (Wildman–Crippen LogP) is 2.91. The van der Waals surface area contributed by atoms with Crippen molar-refractivity contribution in [1.82, 2.24) is 9.88 Å². The van der Waals surface area contributed by atoms with Crippen molar-refractivity contribution >= 4 is 11.6 Å². The fraction of sp³-hybridized carbons (Fsp3) is 0.312. The van der Waals surface area contributed by atoms with Gasteiger partial charge in [-0.1, -0.05) is 23.7 Å². The number of nitrogens with one attached hydrogen (secondary N) is 1. The Morgan fingerprint density at radius 2 is 1.85 bits per heavy atom. The Labute approximate surface area is 124 Å². The van der Waals surface area contributed by atoms with Crippen LogP contribution < -0.4 is 10.9 Å². The minimum Gasteiger partial charge on any atom is -0.312 e. The molecule has 4 heteroatoms. The summed E-state index contributed by atoms with van der Waals surface area (Å²) in [6.45, 7) is 6.12. The zero-order chi connectivity index (χ0) is 14.5. The highest BCUT2D eigenvalue weighted by molar-refractivity contribution is 6.30. The molecule has 3 nitrogen and oxygen atoms in total. The summed E-state index contributed by atoms with van der Waals surface area (Å²) >= 11 is 5.84. The molecule has 0 atom stereocenters. The third kappa shape index (κ3) is 3.95. The summed E-state index contributed by atoms with van der Waals surface area (Å²) in [6, 6.07) is 11.5. The molecule has 0 aliphatic heterocycles. The van der Waals surface area contributed by atoms with Gasteiger partial charge in [-0.2, -0.15) is 0 Å². The number of halogens is 1. The van der Waals surface area contributed by atoms with E-state index in [1.165, 1.54) is 5.56 Å². The third-order valence-corrected chi connectivity index (χ3v) is 3.49. The average molecular weight is 291 g/mol. The maximum Gasteiger partial charge on any atom is 0.251 e. The summed E-state index contributed by atoms with van der Waals surface area (Å²) < 4.78 is 1.79. The maximum absolute atomic E-state index is 11.9. The lowest BCUT2D eigenvalue weighted by atomic mass is 10.2. The van der Waals surface area contributed by atoms with Gasteiger partial charge in [0.1, 0.15) is 0 Å². The Kier molecular flexibility index (Phi) is 4.99. The number of rotatable bonds is 5. The van der Waals surface area contributed by atoms with Crippen LogP contribution in [0.2, 0.25) is 5.02 Å².